The van der Waals surface area contributed by atoms with Crippen LogP contribution in [-0.4, -0.2) is 0 Å². The number of halogens is 4. The van der Waals surface area contributed by atoms with Gasteiger partial charge in [-0.05, 0) is 29.6 Å². The van der Waals surface area contributed by atoms with Crippen LogP contribution in [0.1, 0.15) is 11.1 Å². The van der Waals surface area contributed by atoms with Gasteiger partial charge in [0.05, 0.1) is 0 Å². The Morgan fingerprint density at radius 3 is 1.00 bits per heavy atom. The molecule has 0 atom stereocenters. The van der Waals surface area contributed by atoms with Gasteiger partial charge >= 0.3 is 0 Å². The average Bonchev–Trinajstić information content (AvgIpc) is 2.43. The molecule has 0 aliphatic rings. The maximum atomic E-state index is 3.95. The smallest absolute Gasteiger partial charge is 0.0142 e. The first-order valence-corrected chi connectivity index (χ1v) is 6.61. The fraction of sp³-hybridized carbons (Fsp3) is 0. The van der Waals surface area contributed by atoms with E-state index >= 15 is 0 Å². The van der Waals surface area contributed by atoms with Crippen LogP contribution in [0.4, 0.5) is 0 Å². The van der Waals surface area contributed by atoms with E-state index in [1.54, 1.807) is 11.6 Å². The number of hydrogen-bond acceptors (Lipinski definition) is 0. The summed E-state index contributed by atoms with van der Waals surface area (Å²) < 4.78 is 0. The third-order valence-electron chi connectivity index (χ3n) is 2.13. The summed E-state index contributed by atoms with van der Waals surface area (Å²) in [5.74, 6) is 3.46. The zero-order valence-electron chi connectivity index (χ0n) is 11.6. The van der Waals surface area contributed by atoms with Crippen LogP contribution in [0.25, 0.3) is 12.2 Å². The summed E-state index contributed by atoms with van der Waals surface area (Å²) in [5.41, 5.74) is 2.38. The molecule has 0 nitrogen and oxygen atoms in total. The van der Waals surface area contributed by atoms with Gasteiger partial charge < -0.3 is 0 Å². The lowest BCUT2D eigenvalue weighted by atomic mass is 10.2. The third-order valence-corrected chi connectivity index (χ3v) is 2.43. The van der Waals surface area contributed by atoms with Crippen molar-refractivity contribution in [3.8, 4) is 0 Å². The number of rotatable bonds is 2. The monoisotopic (exact) mass is 412 g/mol. The minimum Gasteiger partial charge on any atom is -0.147 e. The molecule has 0 aromatic heterocycles. The summed E-state index contributed by atoms with van der Waals surface area (Å²) in [6.07, 6.45) is 3.90. The third kappa shape index (κ3) is 14.9. The lowest BCUT2D eigenvalue weighted by Gasteiger charge is -1.86. The summed E-state index contributed by atoms with van der Waals surface area (Å²) in [4.78, 5) is 0. The molecule has 0 aliphatic carbocycles. The Hall–Kier alpha value is -0.0600. The fourth-order valence-electron chi connectivity index (χ4n) is 1.30. The highest BCUT2D eigenvalue weighted by atomic mass is 35.5. The summed E-state index contributed by atoms with van der Waals surface area (Å²) in [6.45, 7) is 0. The van der Waals surface area contributed by atoms with Crippen molar-refractivity contribution in [2.45, 2.75) is 0 Å². The van der Waals surface area contributed by atoms with Crippen LogP contribution in [0.5, 0.6) is 0 Å². The Kier molecular flexibility index (Phi) is 28.5. The summed E-state index contributed by atoms with van der Waals surface area (Å²) in [6, 6.07) is 20.1. The minimum absolute atomic E-state index is 0. The lowest BCUT2D eigenvalue weighted by Crippen LogP contribution is -1.64. The van der Waals surface area contributed by atoms with Gasteiger partial charge in [0.1, 0.15) is 0 Å². The van der Waals surface area contributed by atoms with Gasteiger partial charge in [-0.25, -0.2) is 0 Å². The fourth-order valence-corrected chi connectivity index (χ4v) is 1.64. The molecule has 2 aromatic rings. The molecule has 4 radical (unpaired) electrons. The Morgan fingerprint density at radius 2 is 0.773 bits per heavy atom. The topological polar surface area (TPSA) is 0 Å². The molecule has 0 amide bonds. The molecule has 0 unspecified atom stereocenters. The lowest BCUT2D eigenvalue weighted by molar-refractivity contribution is 1.67. The molecular weight excluding hydrogens is 396 g/mol. The van der Waals surface area contributed by atoms with Gasteiger partial charge in [0, 0.05) is 0 Å². The van der Waals surface area contributed by atoms with E-state index in [0.29, 0.717) is 0 Å². The van der Waals surface area contributed by atoms with Crippen molar-refractivity contribution in [2.24, 2.45) is 0 Å². The molecule has 0 aliphatic heterocycles. The molecule has 0 saturated carbocycles. The normalized spacial score (nSPS) is 8.45. The maximum Gasteiger partial charge on any atom is -0.0142 e. The van der Waals surface area contributed by atoms with E-state index in [1.165, 1.54) is 11.1 Å². The highest BCUT2D eigenvalue weighted by Gasteiger charge is 1.78. The van der Waals surface area contributed by atoms with Crippen molar-refractivity contribution in [1.29, 1.82) is 0 Å². The van der Waals surface area contributed by atoms with E-state index in [0.717, 1.165) is 0 Å². The zero-order chi connectivity index (χ0) is 13.1. The zero-order valence-corrected chi connectivity index (χ0v) is 16.7. The van der Waals surface area contributed by atoms with Crippen LogP contribution in [0.2, 0.25) is 0 Å². The second kappa shape index (κ2) is 20.9. The molecule has 0 spiro atoms. The van der Waals surface area contributed by atoms with Gasteiger partial charge in [0.2, 0.25) is 0 Å². The highest BCUT2D eigenvalue weighted by molar-refractivity contribution is 7.21. The SMILES string of the molecule is Cl.Cl.Cl.Cl.[P]/C=C/c1ccccc1.[P]/C=C/c1ccccc1. The second-order valence-electron chi connectivity index (χ2n) is 3.45. The first-order chi connectivity index (χ1) is 8.86. The van der Waals surface area contributed by atoms with Gasteiger partial charge in [0.15, 0.2) is 0 Å². The number of benzene rings is 2. The van der Waals surface area contributed by atoms with Crippen molar-refractivity contribution in [3.63, 3.8) is 0 Å². The van der Waals surface area contributed by atoms with E-state index in [1.807, 2.05) is 72.8 Å². The molecule has 0 saturated heterocycles. The minimum atomic E-state index is 0. The molecule has 120 valence electrons. The predicted molar refractivity (Wildman–Crippen MR) is 114 cm³/mol. The van der Waals surface area contributed by atoms with Gasteiger partial charge in [-0.15, -0.1) is 49.6 Å². The van der Waals surface area contributed by atoms with Crippen LogP contribution in [0.3, 0.4) is 0 Å². The molecule has 0 fully saturated rings. The Labute approximate surface area is 163 Å². The Balaban J connectivity index is -0.000000125. The van der Waals surface area contributed by atoms with E-state index < -0.39 is 0 Å². The first kappa shape index (κ1) is 29.9. The molecular formula is C16H18Cl4P2. The molecule has 0 bridgehead atoms. The Bertz CT molecular complexity index is 441. The molecule has 22 heavy (non-hydrogen) atoms. The van der Waals surface area contributed by atoms with Gasteiger partial charge in [-0.1, -0.05) is 84.4 Å². The largest absolute Gasteiger partial charge is 0.147 e. The average molecular weight is 414 g/mol. The van der Waals surface area contributed by atoms with Crippen molar-refractivity contribution < 1.29 is 0 Å². The van der Waals surface area contributed by atoms with Crippen molar-refractivity contribution >= 4 is 80.3 Å². The molecule has 6 heteroatoms. The molecule has 0 heterocycles. The van der Waals surface area contributed by atoms with Crippen molar-refractivity contribution in [1.82, 2.24) is 0 Å². The molecule has 2 rings (SSSR count). The van der Waals surface area contributed by atoms with Crippen LogP contribution in [0.15, 0.2) is 72.3 Å². The predicted octanol–water partition coefficient (Wildman–Crippen LogP) is 7.82. The van der Waals surface area contributed by atoms with Gasteiger partial charge in [0.25, 0.3) is 0 Å². The van der Waals surface area contributed by atoms with Crippen molar-refractivity contribution in [3.05, 3.63) is 83.4 Å². The Morgan fingerprint density at radius 1 is 0.500 bits per heavy atom. The van der Waals surface area contributed by atoms with Crippen LogP contribution >= 0.6 is 68.1 Å². The van der Waals surface area contributed by atoms with Crippen LogP contribution in [-0.2, 0) is 0 Å². The summed E-state index contributed by atoms with van der Waals surface area (Å²) in [5, 5.41) is 0. The highest BCUT2D eigenvalue weighted by Crippen LogP contribution is 2.02. The van der Waals surface area contributed by atoms with E-state index in [2.05, 4.69) is 18.5 Å². The van der Waals surface area contributed by atoms with Gasteiger partial charge in [-0.3, -0.25) is 0 Å². The van der Waals surface area contributed by atoms with E-state index in [-0.39, 0.29) is 49.6 Å². The number of hydrogen-bond donors (Lipinski definition) is 0. The summed E-state index contributed by atoms with van der Waals surface area (Å²) >= 11 is 0. The summed E-state index contributed by atoms with van der Waals surface area (Å²) in [7, 11) is 7.90. The molecule has 0 N–H and O–H groups in total. The second-order valence-corrected chi connectivity index (χ2v) is 4.05. The van der Waals surface area contributed by atoms with Crippen LogP contribution < -0.4 is 0 Å². The van der Waals surface area contributed by atoms with E-state index in [9.17, 15) is 0 Å². The maximum absolute atomic E-state index is 3.95. The quantitative estimate of drug-likeness (QED) is 0.440. The van der Waals surface area contributed by atoms with Crippen molar-refractivity contribution in [2.75, 3.05) is 0 Å². The van der Waals surface area contributed by atoms with Crippen LogP contribution in [0, 0.1) is 0 Å². The van der Waals surface area contributed by atoms with Gasteiger partial charge in [-0.2, -0.15) is 0 Å². The first-order valence-electron chi connectivity index (χ1n) is 5.58. The van der Waals surface area contributed by atoms with E-state index in [4.69, 9.17) is 0 Å². The molecule has 2 aromatic carbocycles. The standard InChI is InChI=1S/2C8H7P.4ClH/c2*9-7-6-8-4-2-1-3-5-8;;;;/h2*1-7H;4*1H/b2*7-6+;;;;.